The van der Waals surface area contributed by atoms with Gasteiger partial charge in [0.1, 0.15) is 48.8 Å². The second-order valence-corrected chi connectivity index (χ2v) is 16.4. The van der Waals surface area contributed by atoms with Gasteiger partial charge in [-0.05, 0) is 33.4 Å². The fourth-order valence-electron chi connectivity index (χ4n) is 8.30. The highest BCUT2D eigenvalue weighted by atomic mass is 16.8. The first kappa shape index (κ1) is 47.4. The Morgan fingerprint density at radius 2 is 0.682 bits per heavy atom. The summed E-state index contributed by atoms with van der Waals surface area (Å²) in [5, 5.41) is 10.8. The Hall–Kier alpha value is -5.12. The molecule has 6 aromatic carbocycles. The predicted molar refractivity (Wildman–Crippen MR) is 247 cm³/mol. The molecule has 0 amide bonds. The summed E-state index contributed by atoms with van der Waals surface area (Å²) in [7, 11) is 1.54. The van der Waals surface area contributed by atoms with Crippen LogP contribution in [0.1, 0.15) is 33.4 Å². The van der Waals surface area contributed by atoms with Crippen LogP contribution in [0.15, 0.2) is 182 Å². The minimum atomic E-state index is -1.11. The van der Waals surface area contributed by atoms with E-state index in [-0.39, 0.29) is 46.2 Å². The van der Waals surface area contributed by atoms with Crippen LogP contribution in [0.25, 0.3) is 0 Å². The number of rotatable bonds is 23. The van der Waals surface area contributed by atoms with Crippen molar-refractivity contribution in [3.05, 3.63) is 215 Å². The summed E-state index contributed by atoms with van der Waals surface area (Å²) in [5.41, 5.74) is 5.83. The molecular weight excluding hydrogens is 837 g/mol. The number of hydrogen-bond donors (Lipinski definition) is 1. The molecule has 2 fully saturated rings. The van der Waals surface area contributed by atoms with E-state index < -0.39 is 61.4 Å². The fourth-order valence-corrected chi connectivity index (χ4v) is 8.30. The molecule has 11 nitrogen and oxygen atoms in total. The molecule has 0 radical (unpaired) electrons. The van der Waals surface area contributed by atoms with Gasteiger partial charge in [0.05, 0.1) is 52.9 Å². The van der Waals surface area contributed by atoms with Gasteiger partial charge in [0.15, 0.2) is 12.6 Å². The highest BCUT2D eigenvalue weighted by molar-refractivity contribution is 5.18. The fraction of sp³-hybridized carbons (Fsp3) is 0.345. The van der Waals surface area contributed by atoms with Crippen LogP contribution in [0.5, 0.6) is 0 Å². The third-order valence-electron chi connectivity index (χ3n) is 11.7. The van der Waals surface area contributed by atoms with Crippen molar-refractivity contribution >= 4 is 0 Å². The van der Waals surface area contributed by atoms with Gasteiger partial charge in [-0.15, -0.1) is 0 Å². The molecule has 0 spiro atoms. The molecule has 0 saturated carbocycles. The van der Waals surface area contributed by atoms with Crippen molar-refractivity contribution in [3.63, 3.8) is 0 Å². The lowest BCUT2D eigenvalue weighted by molar-refractivity contribution is -0.381. The first-order valence-corrected chi connectivity index (χ1v) is 22.6. The Morgan fingerprint density at radius 3 is 1.06 bits per heavy atom. The number of aliphatic hydroxyl groups is 1. The molecule has 6 aromatic rings. The number of methoxy groups -OCH3 is 1. The minimum Gasteiger partial charge on any atom is -0.394 e. The van der Waals surface area contributed by atoms with Crippen LogP contribution in [0.4, 0.5) is 0 Å². The van der Waals surface area contributed by atoms with E-state index in [4.69, 9.17) is 47.4 Å². The molecule has 8 rings (SSSR count). The molecule has 2 heterocycles. The summed E-state index contributed by atoms with van der Waals surface area (Å²) >= 11 is 0. The normalized spacial score (nSPS) is 25.4. The van der Waals surface area contributed by atoms with Gasteiger partial charge >= 0.3 is 0 Å². The highest BCUT2D eigenvalue weighted by Gasteiger charge is 2.54. The van der Waals surface area contributed by atoms with E-state index in [1.807, 2.05) is 182 Å². The molecule has 0 aliphatic carbocycles. The quantitative estimate of drug-likeness (QED) is 0.0668. The van der Waals surface area contributed by atoms with Crippen molar-refractivity contribution in [2.45, 2.75) is 101 Å². The molecule has 66 heavy (non-hydrogen) atoms. The van der Waals surface area contributed by atoms with Crippen LogP contribution in [-0.2, 0) is 87.0 Å². The average Bonchev–Trinajstić information content (AvgIpc) is 3.38. The number of aliphatic hydroxyl groups excluding tert-OH is 1. The first-order chi connectivity index (χ1) is 32.6. The number of hydrogen-bond acceptors (Lipinski definition) is 11. The monoisotopic (exact) mass is 896 g/mol. The Balaban J connectivity index is 1.17. The average molecular weight is 897 g/mol. The summed E-state index contributed by atoms with van der Waals surface area (Å²) in [5.74, 6) is 0. The molecule has 0 bridgehead atoms. The van der Waals surface area contributed by atoms with Gasteiger partial charge in [-0.25, -0.2) is 0 Å². The molecule has 0 unspecified atom stereocenters. The third-order valence-corrected chi connectivity index (χ3v) is 11.7. The Morgan fingerprint density at radius 1 is 0.364 bits per heavy atom. The summed E-state index contributed by atoms with van der Waals surface area (Å²) in [6.07, 6.45) is -8.51. The number of benzene rings is 6. The van der Waals surface area contributed by atoms with Crippen LogP contribution in [0.3, 0.4) is 0 Å². The second kappa shape index (κ2) is 25.1. The van der Waals surface area contributed by atoms with Crippen LogP contribution < -0.4 is 0 Å². The predicted octanol–water partition coefficient (Wildman–Crippen LogP) is 8.60. The highest BCUT2D eigenvalue weighted by Crippen LogP contribution is 2.36. The zero-order chi connectivity index (χ0) is 45.2. The van der Waals surface area contributed by atoms with Gasteiger partial charge in [-0.1, -0.05) is 182 Å². The smallest absolute Gasteiger partial charge is 0.187 e. The van der Waals surface area contributed by atoms with Crippen molar-refractivity contribution < 1.29 is 52.5 Å². The number of ether oxygens (including phenoxy) is 10. The van der Waals surface area contributed by atoms with Gasteiger partial charge < -0.3 is 52.5 Å². The lowest BCUT2D eigenvalue weighted by Crippen LogP contribution is -2.66. The Kier molecular flexibility index (Phi) is 18.0. The summed E-state index contributed by atoms with van der Waals surface area (Å²) in [6.45, 7) is 1.36. The minimum absolute atomic E-state index is 0.142. The van der Waals surface area contributed by atoms with E-state index in [9.17, 15) is 5.11 Å². The van der Waals surface area contributed by atoms with Crippen molar-refractivity contribution in [3.8, 4) is 0 Å². The largest absolute Gasteiger partial charge is 0.394 e. The molecule has 1 N–H and O–H groups in total. The molecular formula is C55H60O11. The molecule has 11 heteroatoms. The first-order valence-electron chi connectivity index (χ1n) is 22.6. The van der Waals surface area contributed by atoms with Crippen molar-refractivity contribution in [2.24, 2.45) is 0 Å². The lowest BCUT2D eigenvalue weighted by atomic mass is 9.96. The van der Waals surface area contributed by atoms with E-state index in [1.165, 1.54) is 0 Å². The van der Waals surface area contributed by atoms with E-state index in [2.05, 4.69) is 0 Å². The summed E-state index contributed by atoms with van der Waals surface area (Å²) < 4.78 is 67.6. The molecule has 2 aliphatic heterocycles. The van der Waals surface area contributed by atoms with E-state index in [0.717, 1.165) is 33.4 Å². The van der Waals surface area contributed by atoms with Crippen LogP contribution >= 0.6 is 0 Å². The third kappa shape index (κ3) is 13.3. The maximum absolute atomic E-state index is 10.8. The van der Waals surface area contributed by atoms with Crippen LogP contribution in [0.2, 0.25) is 0 Å². The molecule has 0 aromatic heterocycles. The topological polar surface area (TPSA) is 113 Å². The van der Waals surface area contributed by atoms with Crippen molar-refractivity contribution in [1.29, 1.82) is 0 Å². The van der Waals surface area contributed by atoms with Gasteiger partial charge in [-0.2, -0.15) is 0 Å². The van der Waals surface area contributed by atoms with E-state index >= 15 is 0 Å². The Labute approximate surface area is 388 Å². The standard InChI is InChI=1S/C55H60O11/c1-57-54-53(51(62-37-44-28-16-6-17-29-44)48(46(32-56)64-54)59-34-41-22-10-3-11-23-41)66-55-52(63-38-45-30-18-7-19-31-45)50(61-36-43-26-14-5-15-27-43)49(60-35-42-24-12-4-13-25-42)47(65-55)39-58-33-40-20-8-2-9-21-40/h2-31,46-56H,32-39H2,1H3/t46-,47-,48+,49+,50+,51+,52-,53-,54-,55-/m1/s1. The van der Waals surface area contributed by atoms with Gasteiger partial charge in [-0.3, -0.25) is 0 Å². The maximum Gasteiger partial charge on any atom is 0.187 e. The SMILES string of the molecule is CO[C@@H]1O[C@H](CO)[C@H](OCc2ccccc2)[C@H](OCc2ccccc2)[C@H]1O[C@H]1O[C@H](COCc2ccccc2)[C@H](OCc2ccccc2)[C@H](OCc2ccccc2)[C@H]1OCc1ccccc1. The van der Waals surface area contributed by atoms with Gasteiger partial charge in [0.25, 0.3) is 0 Å². The Bertz CT molecular complexity index is 2220. The molecule has 2 aliphatic rings. The van der Waals surface area contributed by atoms with E-state index in [0.29, 0.717) is 6.61 Å². The zero-order valence-electron chi connectivity index (χ0n) is 37.3. The van der Waals surface area contributed by atoms with Crippen molar-refractivity contribution in [2.75, 3.05) is 20.3 Å². The summed E-state index contributed by atoms with van der Waals surface area (Å²) in [4.78, 5) is 0. The van der Waals surface area contributed by atoms with Gasteiger partial charge in [0.2, 0.25) is 0 Å². The molecule has 2 saturated heterocycles. The zero-order valence-corrected chi connectivity index (χ0v) is 37.3. The summed E-state index contributed by atoms with van der Waals surface area (Å²) in [6, 6.07) is 59.7. The molecule has 346 valence electrons. The lowest BCUT2D eigenvalue weighted by Gasteiger charge is -2.50. The second-order valence-electron chi connectivity index (χ2n) is 16.4. The van der Waals surface area contributed by atoms with E-state index in [1.54, 1.807) is 7.11 Å². The van der Waals surface area contributed by atoms with Crippen LogP contribution in [-0.4, -0.2) is 86.8 Å². The van der Waals surface area contributed by atoms with Gasteiger partial charge in [0, 0.05) is 7.11 Å². The van der Waals surface area contributed by atoms with Crippen molar-refractivity contribution in [1.82, 2.24) is 0 Å². The van der Waals surface area contributed by atoms with Crippen LogP contribution in [0, 0.1) is 0 Å². The maximum atomic E-state index is 10.8. The molecule has 10 atom stereocenters.